The zero-order valence-corrected chi connectivity index (χ0v) is 20.8. The van der Waals surface area contributed by atoms with Crippen LogP contribution in [0.3, 0.4) is 0 Å². The first-order valence-corrected chi connectivity index (χ1v) is 12.3. The predicted molar refractivity (Wildman–Crippen MR) is 138 cm³/mol. The Morgan fingerprint density at radius 3 is 2.58 bits per heavy atom. The van der Waals surface area contributed by atoms with E-state index in [2.05, 4.69) is 15.0 Å². The second-order valence-electron chi connectivity index (χ2n) is 9.10. The van der Waals surface area contributed by atoms with Crippen LogP contribution in [-0.4, -0.2) is 33.5 Å². The molecule has 1 N–H and O–H groups in total. The highest BCUT2D eigenvalue weighted by Gasteiger charge is 2.18. The van der Waals surface area contributed by atoms with Crippen molar-refractivity contribution >= 4 is 16.7 Å². The Labute approximate surface area is 209 Å². The molecule has 2 aromatic carbocycles. The zero-order chi connectivity index (χ0) is 25.2. The maximum atomic E-state index is 13.2. The molecule has 8 heteroatoms. The van der Waals surface area contributed by atoms with Gasteiger partial charge in [0.1, 0.15) is 13.2 Å². The van der Waals surface area contributed by atoms with Crippen LogP contribution in [0.4, 0.5) is 0 Å². The molecule has 0 unspecified atom stereocenters. The quantitative estimate of drug-likeness (QED) is 0.422. The number of fused-ring (bicyclic) bond motifs is 2. The third-order valence-electron chi connectivity index (χ3n) is 6.77. The van der Waals surface area contributed by atoms with Crippen molar-refractivity contribution in [1.82, 2.24) is 19.7 Å². The molecule has 1 aliphatic heterocycles. The molecule has 0 fully saturated rings. The third kappa shape index (κ3) is 4.46. The number of hydrogen-bond acceptors (Lipinski definition) is 5. The molecule has 1 aliphatic rings. The lowest BCUT2D eigenvalue weighted by Gasteiger charge is -2.21. The molecule has 5 rings (SSSR count). The summed E-state index contributed by atoms with van der Waals surface area (Å²) in [7, 11) is 0. The number of aryl methyl sites for hydroxylation is 2. The van der Waals surface area contributed by atoms with E-state index < -0.39 is 0 Å². The van der Waals surface area contributed by atoms with E-state index in [4.69, 9.17) is 9.47 Å². The number of carbonyl (C=O) groups is 1. The Kier molecular flexibility index (Phi) is 6.50. The number of rotatable bonds is 7. The fraction of sp³-hybridized carbons (Fsp3) is 0.321. The van der Waals surface area contributed by atoms with Gasteiger partial charge in [-0.25, -0.2) is 0 Å². The number of ether oxygens (including phenoxy) is 2. The lowest BCUT2D eigenvalue weighted by molar-refractivity contribution is -0.121. The second-order valence-corrected chi connectivity index (χ2v) is 9.10. The lowest BCUT2D eigenvalue weighted by Crippen LogP contribution is -2.27. The van der Waals surface area contributed by atoms with Gasteiger partial charge in [0, 0.05) is 29.7 Å². The molecule has 1 amide bonds. The van der Waals surface area contributed by atoms with Crippen LogP contribution in [0, 0.1) is 13.8 Å². The molecule has 0 saturated carbocycles. The van der Waals surface area contributed by atoms with Gasteiger partial charge in [-0.05, 0) is 57.0 Å². The molecule has 2 aromatic heterocycles. The normalized spacial score (nSPS) is 13.5. The summed E-state index contributed by atoms with van der Waals surface area (Å²) in [5.74, 6) is 1.43. The van der Waals surface area contributed by atoms with Crippen molar-refractivity contribution in [1.29, 1.82) is 0 Å². The first kappa shape index (κ1) is 23.7. The van der Waals surface area contributed by atoms with Gasteiger partial charge in [0.05, 0.1) is 23.3 Å². The zero-order valence-electron chi connectivity index (χ0n) is 20.8. The van der Waals surface area contributed by atoms with Gasteiger partial charge in [0.2, 0.25) is 5.91 Å². The van der Waals surface area contributed by atoms with Crippen molar-refractivity contribution in [2.45, 2.75) is 46.2 Å². The highest BCUT2D eigenvalue weighted by atomic mass is 16.6. The molecule has 0 radical (unpaired) electrons. The molecule has 36 heavy (non-hydrogen) atoms. The van der Waals surface area contributed by atoms with Crippen LogP contribution in [0.2, 0.25) is 0 Å². The largest absolute Gasteiger partial charge is 0.486 e. The molecule has 4 aromatic rings. The minimum atomic E-state index is -0.145. The summed E-state index contributed by atoms with van der Waals surface area (Å²) in [4.78, 5) is 25.9. The van der Waals surface area contributed by atoms with Crippen LogP contribution in [0.15, 0.2) is 59.5 Å². The van der Waals surface area contributed by atoms with Gasteiger partial charge in [-0.2, -0.15) is 9.78 Å². The number of benzene rings is 2. The lowest BCUT2D eigenvalue weighted by atomic mass is 10.1. The smallest absolute Gasteiger partial charge is 0.281 e. The van der Waals surface area contributed by atoms with Crippen molar-refractivity contribution in [2.75, 3.05) is 13.2 Å². The summed E-state index contributed by atoms with van der Waals surface area (Å²) in [5, 5.41) is 8.99. The van der Waals surface area contributed by atoms with E-state index >= 15 is 0 Å². The van der Waals surface area contributed by atoms with E-state index in [1.54, 1.807) is 6.20 Å². The van der Waals surface area contributed by atoms with E-state index in [1.165, 1.54) is 4.68 Å². The molecular weight excluding hydrogens is 456 g/mol. The molecule has 0 bridgehead atoms. The summed E-state index contributed by atoms with van der Waals surface area (Å²) >= 11 is 0. The van der Waals surface area contributed by atoms with Crippen molar-refractivity contribution < 1.29 is 14.3 Å². The molecular formula is C28H30N4O4. The fourth-order valence-corrected chi connectivity index (χ4v) is 4.82. The Bertz CT molecular complexity index is 1470. The predicted octanol–water partition coefficient (Wildman–Crippen LogP) is 4.23. The number of nitrogens with zero attached hydrogens (tertiary/aromatic N) is 3. The molecule has 186 valence electrons. The van der Waals surface area contributed by atoms with E-state index in [1.807, 2.05) is 69.3 Å². The Morgan fingerprint density at radius 1 is 1.06 bits per heavy atom. The maximum absolute atomic E-state index is 13.2. The van der Waals surface area contributed by atoms with E-state index in [0.29, 0.717) is 43.7 Å². The summed E-state index contributed by atoms with van der Waals surface area (Å²) < 4.78 is 14.8. The van der Waals surface area contributed by atoms with E-state index in [0.717, 1.165) is 33.8 Å². The second kappa shape index (κ2) is 9.89. The van der Waals surface area contributed by atoms with E-state index in [9.17, 15) is 9.59 Å². The van der Waals surface area contributed by atoms with Crippen LogP contribution in [0.1, 0.15) is 42.8 Å². The summed E-state index contributed by atoms with van der Waals surface area (Å²) in [6, 6.07) is 15.0. The Hall–Kier alpha value is -4.07. The average molecular weight is 487 g/mol. The molecule has 3 heterocycles. The standard InChI is InChI=1S/C28H30N4O4/c1-18(21-11-12-24-25(16-21)36-15-14-35-24)30-26(33)10-7-13-31-19(2)23-17-29-32(22-8-5-4-6-9-22)28(34)27(23)20(31)3/h4-6,8-9,11-12,16-18H,7,10,13-15H2,1-3H3,(H,30,33)/t18-/m0/s1. The van der Waals surface area contributed by atoms with Crippen LogP contribution in [0.25, 0.3) is 16.5 Å². The monoisotopic (exact) mass is 486 g/mol. The van der Waals surface area contributed by atoms with E-state index in [-0.39, 0.29) is 17.5 Å². The number of amides is 1. The highest BCUT2D eigenvalue weighted by molar-refractivity contribution is 5.87. The summed E-state index contributed by atoms with van der Waals surface area (Å²) in [5.41, 5.74) is 3.45. The molecule has 0 saturated heterocycles. The molecule has 0 aliphatic carbocycles. The average Bonchev–Trinajstić information content (AvgIpc) is 3.14. The highest BCUT2D eigenvalue weighted by Crippen LogP contribution is 2.32. The summed E-state index contributed by atoms with van der Waals surface area (Å²) in [6.07, 6.45) is 2.79. The first-order valence-electron chi connectivity index (χ1n) is 12.3. The Morgan fingerprint density at radius 2 is 1.81 bits per heavy atom. The summed E-state index contributed by atoms with van der Waals surface area (Å²) in [6.45, 7) is 7.63. The molecule has 8 nitrogen and oxygen atoms in total. The Balaban J connectivity index is 1.25. The molecule has 1 atom stereocenters. The van der Waals surface area contributed by atoms with Gasteiger partial charge < -0.3 is 19.4 Å². The minimum absolute atomic E-state index is 0.0162. The number of carbonyl (C=O) groups excluding carboxylic acids is 1. The third-order valence-corrected chi connectivity index (χ3v) is 6.77. The van der Waals surface area contributed by atoms with Crippen LogP contribution in [0.5, 0.6) is 11.5 Å². The van der Waals surface area contributed by atoms with Gasteiger partial charge >= 0.3 is 0 Å². The fourth-order valence-electron chi connectivity index (χ4n) is 4.82. The van der Waals surface area contributed by atoms with Gasteiger partial charge in [-0.15, -0.1) is 0 Å². The SMILES string of the molecule is Cc1c2cnn(-c3ccccc3)c(=O)c2c(C)n1CCCC(=O)N[C@@H](C)c1ccc2c(c1)OCCO2. The topological polar surface area (TPSA) is 87.4 Å². The molecule has 0 spiro atoms. The minimum Gasteiger partial charge on any atom is -0.486 e. The number of para-hydroxylation sites is 1. The number of nitrogens with one attached hydrogen (secondary N) is 1. The van der Waals surface area contributed by atoms with Crippen LogP contribution >= 0.6 is 0 Å². The van der Waals surface area contributed by atoms with Crippen molar-refractivity contribution in [2.24, 2.45) is 0 Å². The van der Waals surface area contributed by atoms with Gasteiger partial charge in [0.25, 0.3) is 5.56 Å². The van der Waals surface area contributed by atoms with Crippen LogP contribution < -0.4 is 20.3 Å². The first-order chi connectivity index (χ1) is 17.4. The van der Waals surface area contributed by atoms with Gasteiger partial charge in [0.15, 0.2) is 11.5 Å². The van der Waals surface area contributed by atoms with Crippen LogP contribution in [-0.2, 0) is 11.3 Å². The van der Waals surface area contributed by atoms with Gasteiger partial charge in [-0.1, -0.05) is 24.3 Å². The van der Waals surface area contributed by atoms with Crippen molar-refractivity contribution in [3.8, 4) is 17.2 Å². The number of hydrogen-bond donors (Lipinski definition) is 1. The number of aromatic nitrogens is 3. The van der Waals surface area contributed by atoms with Crippen molar-refractivity contribution in [3.05, 3.63) is 82.0 Å². The van der Waals surface area contributed by atoms with Crippen molar-refractivity contribution in [3.63, 3.8) is 0 Å². The van der Waals surface area contributed by atoms with Gasteiger partial charge in [-0.3, -0.25) is 9.59 Å². The maximum Gasteiger partial charge on any atom is 0.281 e.